The van der Waals surface area contributed by atoms with Gasteiger partial charge in [-0.1, -0.05) is 31.9 Å². The molecule has 2 rings (SSSR count). The second kappa shape index (κ2) is 28.1. The fourth-order valence-corrected chi connectivity index (χ4v) is 6.11. The van der Waals surface area contributed by atoms with Crippen LogP contribution in [0.3, 0.4) is 0 Å². The number of benzene rings is 1. The Labute approximate surface area is 353 Å². The van der Waals surface area contributed by atoms with Gasteiger partial charge in [-0.15, -0.1) is 0 Å². The molecule has 60 heavy (non-hydrogen) atoms. The monoisotopic (exact) mass is 865 g/mol. The molecule has 1 heterocycles. The second-order valence-electron chi connectivity index (χ2n) is 14.1. The Kier molecular flexibility index (Phi) is 23.7. The lowest BCUT2D eigenvalue weighted by Gasteiger charge is -2.32. The quantitative estimate of drug-likeness (QED) is 0.0377. The Hall–Kier alpha value is -5.49. The predicted molar refractivity (Wildman–Crippen MR) is 223 cm³/mol. The molecular formula is C37H59N11O11S. The Morgan fingerprint density at radius 1 is 0.617 bits per heavy atom. The van der Waals surface area contributed by atoms with Crippen molar-refractivity contribution in [3.8, 4) is 0 Å². The maximum Gasteiger partial charge on any atom is 0.317 e. The predicted octanol–water partition coefficient (Wildman–Crippen LogP) is -3.50. The van der Waals surface area contributed by atoms with Crippen LogP contribution in [0.15, 0.2) is 24.3 Å². The van der Waals surface area contributed by atoms with Gasteiger partial charge in [-0.25, -0.2) is 0 Å². The van der Waals surface area contributed by atoms with Crippen LogP contribution in [-0.2, 0) is 44.8 Å². The topological polar surface area (TPSA) is 308 Å². The molecule has 334 valence electrons. The van der Waals surface area contributed by atoms with E-state index in [1.165, 1.54) is 0 Å². The van der Waals surface area contributed by atoms with Crippen LogP contribution in [0.25, 0.3) is 0 Å². The molecular weight excluding hydrogens is 807 g/mol. The molecule has 1 aromatic carbocycles. The highest BCUT2D eigenvalue weighted by atomic mass is 32.1. The van der Waals surface area contributed by atoms with Gasteiger partial charge in [-0.05, 0) is 36.3 Å². The Morgan fingerprint density at radius 3 is 1.45 bits per heavy atom. The lowest BCUT2D eigenvalue weighted by molar-refractivity contribution is -0.140. The van der Waals surface area contributed by atoms with Crippen molar-refractivity contribution in [2.45, 2.75) is 38.6 Å². The van der Waals surface area contributed by atoms with Crippen molar-refractivity contribution in [2.75, 3.05) is 110 Å². The highest BCUT2D eigenvalue weighted by Crippen LogP contribution is 2.12. The summed E-state index contributed by atoms with van der Waals surface area (Å²) in [5, 5.41) is 44.4. The Balaban J connectivity index is 1.81. The molecule has 0 aromatic heterocycles. The number of carboxylic acid groups (broad SMARTS) is 3. The van der Waals surface area contributed by atoms with Gasteiger partial charge in [0.25, 0.3) is 0 Å². The fraction of sp³-hybridized carbons (Fsp3) is 0.595. The molecule has 0 saturated carbocycles. The lowest BCUT2D eigenvalue weighted by atomic mass is 10.0. The zero-order chi connectivity index (χ0) is 44.5. The van der Waals surface area contributed by atoms with E-state index in [4.69, 9.17) is 18.0 Å². The summed E-state index contributed by atoms with van der Waals surface area (Å²) in [6.07, 6.45) is 3.30. The number of aliphatic carboxylic acids is 3. The summed E-state index contributed by atoms with van der Waals surface area (Å²) in [6, 6.07) is 5.99. The van der Waals surface area contributed by atoms with Gasteiger partial charge < -0.3 is 53.0 Å². The van der Waals surface area contributed by atoms with E-state index in [1.54, 1.807) is 43.9 Å². The number of primary amides is 1. The number of carbonyl (C=O) groups is 8. The number of rotatable bonds is 23. The molecule has 1 aromatic rings. The number of nitrogens with zero attached hydrogens (tertiary/aromatic N) is 4. The standard InChI is InChI=1S/C37H59N11O11S/c1-2-3-4-9-39-37(60)43-27-7-5-26(6-8-27)18-28(36(38)59)44-31(51)21-41-29(49)19-40-30(50)20-42-32(52)22-45-10-12-46(23-33(53)54)14-16-48(25-35(57)58)17-15-47(13-11-45)24-34(55)56/h5-8,28H,2-4,9-25H2,1H3,(H2,38,59)(H,40,50)(H,41,49)(H,42,52)(H,44,51)(H,53,54)(H,55,56)(H,57,58)(H2,39,43,60). The average Bonchev–Trinajstić information content (AvgIpc) is 3.17. The SMILES string of the molecule is CCCCCNC(=S)Nc1ccc(CC(NC(=O)CNC(=O)CNC(=O)CNC(=O)CN2CCN(CC(=O)O)CCN(CC(=O)O)CCN(CC(=O)O)CC2)C(N)=O)cc1. The van der Waals surface area contributed by atoms with Crippen LogP contribution in [0.2, 0.25) is 0 Å². The summed E-state index contributed by atoms with van der Waals surface area (Å²) < 4.78 is 0. The minimum absolute atomic E-state index is 0.0932. The number of carbonyl (C=O) groups excluding carboxylic acids is 5. The Morgan fingerprint density at radius 2 is 1.03 bits per heavy atom. The number of unbranched alkanes of at least 4 members (excludes halogenated alkanes) is 2. The fourth-order valence-electron chi connectivity index (χ4n) is 5.89. The number of nitrogens with two attached hydrogens (primary N) is 1. The molecule has 0 radical (unpaired) electrons. The van der Waals surface area contributed by atoms with Crippen LogP contribution in [0.1, 0.15) is 31.7 Å². The van der Waals surface area contributed by atoms with E-state index in [0.29, 0.717) is 10.7 Å². The highest BCUT2D eigenvalue weighted by Gasteiger charge is 2.22. The minimum atomic E-state index is -1.09. The van der Waals surface area contributed by atoms with E-state index in [2.05, 4.69) is 38.8 Å². The molecule has 1 aliphatic rings. The summed E-state index contributed by atoms with van der Waals surface area (Å²) >= 11 is 5.30. The molecule has 22 nitrogen and oxygen atoms in total. The molecule has 0 spiro atoms. The first kappa shape index (κ1) is 50.7. The largest absolute Gasteiger partial charge is 0.480 e. The summed E-state index contributed by atoms with van der Waals surface area (Å²) in [5.74, 6) is -6.70. The molecule has 5 amide bonds. The first-order valence-electron chi connectivity index (χ1n) is 19.6. The first-order chi connectivity index (χ1) is 28.5. The second-order valence-corrected chi connectivity index (χ2v) is 14.5. The third-order valence-corrected chi connectivity index (χ3v) is 9.35. The molecule has 1 atom stereocenters. The maximum atomic E-state index is 12.8. The van der Waals surface area contributed by atoms with E-state index in [-0.39, 0.29) is 85.0 Å². The summed E-state index contributed by atoms with van der Waals surface area (Å²) in [5.41, 5.74) is 6.96. The molecule has 1 fully saturated rings. The normalized spacial score (nSPS) is 15.2. The lowest BCUT2D eigenvalue weighted by Crippen LogP contribution is -2.50. The van der Waals surface area contributed by atoms with E-state index in [9.17, 15) is 53.7 Å². The van der Waals surface area contributed by atoms with Gasteiger partial charge in [0, 0.05) is 71.0 Å². The van der Waals surface area contributed by atoms with Gasteiger partial charge >= 0.3 is 17.9 Å². The molecule has 0 aliphatic carbocycles. The van der Waals surface area contributed by atoms with Crippen molar-refractivity contribution in [3.05, 3.63) is 29.8 Å². The van der Waals surface area contributed by atoms with Crippen molar-refractivity contribution in [1.29, 1.82) is 0 Å². The van der Waals surface area contributed by atoms with Gasteiger partial charge in [0.1, 0.15) is 6.04 Å². The van der Waals surface area contributed by atoms with Gasteiger partial charge in [0.15, 0.2) is 5.11 Å². The Bertz CT molecular complexity index is 1590. The van der Waals surface area contributed by atoms with Crippen LogP contribution in [0.4, 0.5) is 5.69 Å². The number of carboxylic acids is 3. The van der Waals surface area contributed by atoms with Crippen LogP contribution in [0.5, 0.6) is 0 Å². The molecule has 1 saturated heterocycles. The summed E-state index contributed by atoms with van der Waals surface area (Å²) in [6.45, 7) is 1.90. The first-order valence-corrected chi connectivity index (χ1v) is 20.0. The zero-order valence-electron chi connectivity index (χ0n) is 33.9. The van der Waals surface area contributed by atoms with Crippen LogP contribution >= 0.6 is 12.2 Å². The smallest absolute Gasteiger partial charge is 0.317 e. The minimum Gasteiger partial charge on any atom is -0.480 e. The van der Waals surface area contributed by atoms with E-state index in [1.807, 2.05) is 0 Å². The van der Waals surface area contributed by atoms with E-state index in [0.717, 1.165) is 31.5 Å². The van der Waals surface area contributed by atoms with Crippen molar-refractivity contribution < 1.29 is 53.7 Å². The van der Waals surface area contributed by atoms with Gasteiger partial charge in [0.2, 0.25) is 29.5 Å². The van der Waals surface area contributed by atoms with E-state index < -0.39 is 73.1 Å². The zero-order valence-corrected chi connectivity index (χ0v) is 34.7. The summed E-state index contributed by atoms with van der Waals surface area (Å²) in [7, 11) is 0. The molecule has 0 bridgehead atoms. The van der Waals surface area contributed by atoms with Gasteiger partial charge in [0.05, 0.1) is 45.8 Å². The van der Waals surface area contributed by atoms with Crippen molar-refractivity contribution in [2.24, 2.45) is 5.73 Å². The highest BCUT2D eigenvalue weighted by molar-refractivity contribution is 7.80. The average molecular weight is 866 g/mol. The van der Waals surface area contributed by atoms with Crippen LogP contribution in [0, 0.1) is 0 Å². The van der Waals surface area contributed by atoms with E-state index >= 15 is 0 Å². The molecule has 23 heteroatoms. The number of nitrogens with one attached hydrogen (secondary N) is 6. The number of thiocarbonyl (C=S) groups is 1. The maximum absolute atomic E-state index is 12.8. The van der Waals surface area contributed by atoms with Crippen LogP contribution < -0.4 is 37.6 Å². The van der Waals surface area contributed by atoms with Crippen LogP contribution in [-0.4, -0.2) is 198 Å². The number of hydrogen-bond acceptors (Lipinski definition) is 13. The van der Waals surface area contributed by atoms with Gasteiger partial charge in [-0.3, -0.25) is 58.0 Å². The van der Waals surface area contributed by atoms with Crippen molar-refractivity contribution >= 4 is 70.5 Å². The molecule has 1 unspecified atom stereocenters. The number of anilines is 1. The third-order valence-electron chi connectivity index (χ3n) is 9.11. The molecule has 1 aliphatic heterocycles. The van der Waals surface area contributed by atoms with Crippen molar-refractivity contribution in [3.63, 3.8) is 0 Å². The van der Waals surface area contributed by atoms with Crippen molar-refractivity contribution in [1.82, 2.24) is 46.2 Å². The number of hydrogen-bond donors (Lipinski definition) is 10. The summed E-state index contributed by atoms with van der Waals surface area (Å²) in [4.78, 5) is 103. The molecule has 11 N–H and O–H groups in total. The third kappa shape index (κ3) is 23.2. The number of amides is 5. The van der Waals surface area contributed by atoms with Gasteiger partial charge in [-0.2, -0.15) is 0 Å².